The van der Waals surface area contributed by atoms with Gasteiger partial charge < -0.3 is 14.6 Å². The molecule has 0 amide bonds. The van der Waals surface area contributed by atoms with Gasteiger partial charge in [0.1, 0.15) is 11.9 Å². The fourth-order valence-electron chi connectivity index (χ4n) is 7.74. The molecule has 214 valence electrons. The molecule has 0 spiro atoms. The number of fused-ring (bicyclic) bond motifs is 2. The molecule has 5 atom stereocenters. The number of ether oxygens (including phenoxy) is 2. The number of unbranched alkanes of at least 4 members (excludes halogenated alkanes) is 2. The SMILES string of the molecule is CCCCCC(O)CCC1C(C)CC2Cc3c(cccc3OCC(=O)OC3CCCCCCCCC3)CC21. The summed E-state index contributed by atoms with van der Waals surface area (Å²) in [5.41, 5.74) is 2.71. The summed E-state index contributed by atoms with van der Waals surface area (Å²) < 4.78 is 12.0. The first-order chi connectivity index (χ1) is 18.5. The molecule has 0 bridgehead atoms. The van der Waals surface area contributed by atoms with Gasteiger partial charge in [-0.3, -0.25) is 0 Å². The van der Waals surface area contributed by atoms with E-state index in [1.54, 1.807) is 0 Å². The Kier molecular flexibility index (Phi) is 11.8. The van der Waals surface area contributed by atoms with Crippen LogP contribution in [0.3, 0.4) is 0 Å². The van der Waals surface area contributed by atoms with Crippen LogP contribution in [0.25, 0.3) is 0 Å². The van der Waals surface area contributed by atoms with Crippen LogP contribution in [-0.4, -0.2) is 29.9 Å². The van der Waals surface area contributed by atoms with Crippen molar-refractivity contribution >= 4 is 5.97 Å². The molecule has 2 saturated carbocycles. The number of carbonyl (C=O) groups is 1. The van der Waals surface area contributed by atoms with Gasteiger partial charge in [-0.05, 0) is 105 Å². The van der Waals surface area contributed by atoms with Crippen LogP contribution < -0.4 is 4.74 Å². The molecule has 5 unspecified atom stereocenters. The van der Waals surface area contributed by atoms with Crippen LogP contribution in [0.5, 0.6) is 5.75 Å². The number of benzene rings is 1. The Labute approximate surface area is 232 Å². The lowest BCUT2D eigenvalue weighted by Gasteiger charge is -2.33. The third-order valence-corrected chi connectivity index (χ3v) is 9.88. The largest absolute Gasteiger partial charge is 0.482 e. The van der Waals surface area contributed by atoms with Gasteiger partial charge in [-0.1, -0.05) is 77.3 Å². The van der Waals surface area contributed by atoms with E-state index in [4.69, 9.17) is 9.47 Å². The fourth-order valence-corrected chi connectivity index (χ4v) is 7.74. The zero-order valence-corrected chi connectivity index (χ0v) is 24.3. The van der Waals surface area contributed by atoms with Gasteiger partial charge in [0.15, 0.2) is 6.61 Å². The van der Waals surface area contributed by atoms with Gasteiger partial charge in [0, 0.05) is 0 Å². The lowest BCUT2D eigenvalue weighted by molar-refractivity contribution is -0.152. The Morgan fingerprint density at radius 3 is 2.47 bits per heavy atom. The summed E-state index contributed by atoms with van der Waals surface area (Å²) in [4.78, 5) is 12.7. The third kappa shape index (κ3) is 8.47. The molecule has 1 aromatic carbocycles. The topological polar surface area (TPSA) is 55.8 Å². The van der Waals surface area contributed by atoms with Crippen molar-refractivity contribution in [3.63, 3.8) is 0 Å². The van der Waals surface area contributed by atoms with Crippen molar-refractivity contribution in [3.8, 4) is 5.75 Å². The van der Waals surface area contributed by atoms with Crippen molar-refractivity contribution < 1.29 is 19.4 Å². The molecule has 0 aromatic heterocycles. The zero-order chi connectivity index (χ0) is 26.7. The van der Waals surface area contributed by atoms with Crippen LogP contribution in [0.15, 0.2) is 18.2 Å². The molecular weight excluding hydrogens is 472 g/mol. The Balaban J connectivity index is 1.29. The van der Waals surface area contributed by atoms with Gasteiger partial charge in [-0.25, -0.2) is 4.79 Å². The van der Waals surface area contributed by atoms with E-state index in [0.717, 1.165) is 70.0 Å². The standard InChI is InChI=1S/C34H54O4/c1-3-4-10-15-28(35)19-20-30-25(2)21-27-23-32-26(22-31(27)30)14-13-18-33(32)37-24-34(36)38-29-16-11-8-6-5-7-9-12-17-29/h13-14,18,25,27-31,35H,3-12,15-17,19-24H2,1-2H3. The highest BCUT2D eigenvalue weighted by atomic mass is 16.6. The van der Waals surface area contributed by atoms with Crippen LogP contribution in [0, 0.1) is 23.7 Å². The van der Waals surface area contributed by atoms with Crippen molar-refractivity contribution in [2.45, 2.75) is 142 Å². The monoisotopic (exact) mass is 526 g/mol. The van der Waals surface area contributed by atoms with Crippen LogP contribution >= 0.6 is 0 Å². The lowest BCUT2D eigenvalue weighted by atomic mass is 9.73. The number of esters is 1. The maximum atomic E-state index is 12.7. The average Bonchev–Trinajstić information content (AvgIpc) is 3.22. The zero-order valence-electron chi connectivity index (χ0n) is 24.3. The maximum absolute atomic E-state index is 12.7. The Bertz CT molecular complexity index is 841. The Hall–Kier alpha value is -1.55. The highest BCUT2D eigenvalue weighted by Gasteiger charge is 2.43. The molecule has 0 aliphatic heterocycles. The molecule has 0 radical (unpaired) electrons. The second kappa shape index (κ2) is 15.3. The van der Waals surface area contributed by atoms with E-state index >= 15 is 0 Å². The van der Waals surface area contributed by atoms with Crippen molar-refractivity contribution in [1.29, 1.82) is 0 Å². The maximum Gasteiger partial charge on any atom is 0.344 e. The summed E-state index contributed by atoms with van der Waals surface area (Å²) in [5.74, 6) is 3.45. The van der Waals surface area contributed by atoms with Gasteiger partial charge >= 0.3 is 5.97 Å². The van der Waals surface area contributed by atoms with Crippen molar-refractivity contribution in [1.82, 2.24) is 0 Å². The van der Waals surface area contributed by atoms with E-state index in [1.165, 1.54) is 62.5 Å². The minimum Gasteiger partial charge on any atom is -0.482 e. The van der Waals surface area contributed by atoms with Gasteiger partial charge in [-0.15, -0.1) is 0 Å². The molecular formula is C34H54O4. The highest BCUT2D eigenvalue weighted by molar-refractivity contribution is 5.71. The molecule has 0 heterocycles. The van der Waals surface area contributed by atoms with Gasteiger partial charge in [-0.2, -0.15) is 0 Å². The van der Waals surface area contributed by atoms with Crippen molar-refractivity contribution in [3.05, 3.63) is 29.3 Å². The molecule has 4 rings (SSSR count). The average molecular weight is 527 g/mol. The highest BCUT2D eigenvalue weighted by Crippen LogP contribution is 2.51. The first kappa shape index (κ1) is 29.4. The molecule has 0 saturated heterocycles. The molecule has 1 aromatic rings. The summed E-state index contributed by atoms with van der Waals surface area (Å²) in [7, 11) is 0. The van der Waals surface area contributed by atoms with Crippen LogP contribution in [0.4, 0.5) is 0 Å². The quantitative estimate of drug-likeness (QED) is 0.233. The molecule has 3 aliphatic rings. The van der Waals surface area contributed by atoms with Crippen LogP contribution in [0.1, 0.15) is 128 Å². The molecule has 38 heavy (non-hydrogen) atoms. The smallest absolute Gasteiger partial charge is 0.344 e. The minimum atomic E-state index is -0.217. The molecule has 4 nitrogen and oxygen atoms in total. The molecule has 2 fully saturated rings. The summed E-state index contributed by atoms with van der Waals surface area (Å²) in [6, 6.07) is 6.39. The summed E-state index contributed by atoms with van der Waals surface area (Å²) in [5, 5.41) is 10.5. The minimum absolute atomic E-state index is 0.00992. The molecule has 3 aliphatic carbocycles. The third-order valence-electron chi connectivity index (χ3n) is 9.88. The number of hydrogen-bond acceptors (Lipinski definition) is 4. The van der Waals surface area contributed by atoms with Crippen molar-refractivity contribution in [2.75, 3.05) is 6.61 Å². The van der Waals surface area contributed by atoms with Crippen LogP contribution in [-0.2, 0) is 22.4 Å². The van der Waals surface area contributed by atoms with Gasteiger partial charge in [0.05, 0.1) is 6.10 Å². The predicted octanol–water partition coefficient (Wildman–Crippen LogP) is 8.21. The van der Waals surface area contributed by atoms with Crippen LogP contribution in [0.2, 0.25) is 0 Å². The van der Waals surface area contributed by atoms with E-state index in [0.29, 0.717) is 23.7 Å². The number of hydrogen-bond donors (Lipinski definition) is 1. The van der Waals surface area contributed by atoms with Crippen molar-refractivity contribution in [2.24, 2.45) is 23.7 Å². The van der Waals surface area contributed by atoms with E-state index in [-0.39, 0.29) is 24.8 Å². The van der Waals surface area contributed by atoms with E-state index in [2.05, 4.69) is 26.0 Å². The lowest BCUT2D eigenvalue weighted by Crippen LogP contribution is -2.27. The summed E-state index contributed by atoms with van der Waals surface area (Å²) >= 11 is 0. The van der Waals surface area contributed by atoms with Gasteiger partial charge in [0.25, 0.3) is 0 Å². The number of aliphatic hydroxyl groups is 1. The van der Waals surface area contributed by atoms with E-state index in [9.17, 15) is 9.90 Å². The number of rotatable bonds is 11. The Morgan fingerprint density at radius 2 is 1.74 bits per heavy atom. The Morgan fingerprint density at radius 1 is 1.00 bits per heavy atom. The predicted molar refractivity (Wildman–Crippen MR) is 154 cm³/mol. The first-order valence-corrected chi connectivity index (χ1v) is 16.2. The first-order valence-electron chi connectivity index (χ1n) is 16.2. The second-order valence-electron chi connectivity index (χ2n) is 12.8. The molecule has 1 N–H and O–H groups in total. The summed E-state index contributed by atoms with van der Waals surface area (Å²) in [6.45, 7) is 4.65. The second-order valence-corrected chi connectivity index (χ2v) is 12.8. The molecule has 4 heteroatoms. The number of carbonyl (C=O) groups excluding carboxylic acids is 1. The normalized spacial score (nSPS) is 27.2. The fraction of sp³-hybridized carbons (Fsp3) is 0.794. The summed E-state index contributed by atoms with van der Waals surface area (Å²) in [6.07, 6.45) is 20.7. The van der Waals surface area contributed by atoms with Gasteiger partial charge in [0.2, 0.25) is 0 Å². The number of aliphatic hydroxyl groups excluding tert-OH is 1. The van der Waals surface area contributed by atoms with E-state index < -0.39 is 0 Å². The van der Waals surface area contributed by atoms with E-state index in [1.807, 2.05) is 6.07 Å².